The summed E-state index contributed by atoms with van der Waals surface area (Å²) in [4.78, 5) is 4.65. The summed E-state index contributed by atoms with van der Waals surface area (Å²) >= 11 is 1.61. The summed E-state index contributed by atoms with van der Waals surface area (Å²) < 4.78 is 0. The molecule has 0 aliphatic heterocycles. The molecule has 0 fully saturated rings. The van der Waals surface area contributed by atoms with Crippen LogP contribution in [0.1, 0.15) is 16.6 Å². The van der Waals surface area contributed by atoms with Crippen molar-refractivity contribution in [2.45, 2.75) is 6.04 Å². The first-order valence-electron chi connectivity index (χ1n) is 6.16. The van der Waals surface area contributed by atoms with Crippen LogP contribution in [0.2, 0.25) is 0 Å². The topological polar surface area (TPSA) is 38.9 Å². The second kappa shape index (κ2) is 5.34. The smallest absolute Gasteiger partial charge is 0.115 e. The first kappa shape index (κ1) is 12.1. The number of benzene rings is 2. The van der Waals surface area contributed by atoms with Crippen LogP contribution in [0, 0.1) is 0 Å². The third kappa shape index (κ3) is 2.57. The van der Waals surface area contributed by atoms with Crippen molar-refractivity contribution in [1.82, 2.24) is 4.98 Å². The second-order valence-electron chi connectivity index (χ2n) is 4.33. The number of hydrogen-bond acceptors (Lipinski definition) is 3. The minimum absolute atomic E-state index is 0.149. The standard InChI is InChI=1S/C16H14N2S/c17-15(13-9-5-2-6-10-13)16-18-14(11-19-16)12-7-3-1-4-8-12/h1-11,15H,17H2. The lowest BCUT2D eigenvalue weighted by molar-refractivity contribution is 0.859. The highest BCUT2D eigenvalue weighted by Gasteiger charge is 2.13. The van der Waals surface area contributed by atoms with Crippen LogP contribution in [0.15, 0.2) is 66.0 Å². The Bertz CT molecular complexity index is 647. The lowest BCUT2D eigenvalue weighted by Gasteiger charge is -2.08. The Balaban J connectivity index is 1.90. The minimum atomic E-state index is -0.149. The van der Waals surface area contributed by atoms with Gasteiger partial charge in [-0.3, -0.25) is 0 Å². The van der Waals surface area contributed by atoms with E-state index in [1.807, 2.05) is 48.5 Å². The molecule has 0 saturated heterocycles. The molecule has 19 heavy (non-hydrogen) atoms. The van der Waals surface area contributed by atoms with Crippen LogP contribution < -0.4 is 5.73 Å². The maximum absolute atomic E-state index is 6.26. The van der Waals surface area contributed by atoms with E-state index in [1.165, 1.54) is 0 Å². The average molecular weight is 266 g/mol. The molecule has 2 nitrogen and oxygen atoms in total. The van der Waals surface area contributed by atoms with Gasteiger partial charge in [0.25, 0.3) is 0 Å². The van der Waals surface area contributed by atoms with Crippen LogP contribution in [-0.4, -0.2) is 4.98 Å². The van der Waals surface area contributed by atoms with Crippen LogP contribution in [0.3, 0.4) is 0 Å². The van der Waals surface area contributed by atoms with E-state index < -0.39 is 0 Å². The van der Waals surface area contributed by atoms with E-state index in [9.17, 15) is 0 Å². The Morgan fingerprint density at radius 2 is 1.53 bits per heavy atom. The van der Waals surface area contributed by atoms with Crippen LogP contribution in [0.5, 0.6) is 0 Å². The molecule has 0 aliphatic rings. The van der Waals surface area contributed by atoms with Crippen molar-refractivity contribution in [2.24, 2.45) is 5.73 Å². The SMILES string of the molecule is NC(c1ccccc1)c1nc(-c2ccccc2)cs1. The zero-order chi connectivity index (χ0) is 13.1. The molecule has 0 aliphatic carbocycles. The van der Waals surface area contributed by atoms with Gasteiger partial charge in [-0.25, -0.2) is 4.98 Å². The van der Waals surface area contributed by atoms with Crippen molar-refractivity contribution in [3.05, 3.63) is 76.6 Å². The van der Waals surface area contributed by atoms with Gasteiger partial charge >= 0.3 is 0 Å². The number of aromatic nitrogens is 1. The molecule has 0 bridgehead atoms. The maximum Gasteiger partial charge on any atom is 0.115 e. The van der Waals surface area contributed by atoms with Gasteiger partial charge in [0.15, 0.2) is 0 Å². The lowest BCUT2D eigenvalue weighted by atomic mass is 10.1. The maximum atomic E-state index is 6.26. The predicted octanol–water partition coefficient (Wildman–Crippen LogP) is 3.86. The number of thiazole rings is 1. The van der Waals surface area contributed by atoms with Crippen molar-refractivity contribution >= 4 is 11.3 Å². The highest BCUT2D eigenvalue weighted by atomic mass is 32.1. The fourth-order valence-electron chi connectivity index (χ4n) is 1.97. The first-order chi connectivity index (χ1) is 9.34. The number of rotatable bonds is 3. The van der Waals surface area contributed by atoms with Gasteiger partial charge in [-0.05, 0) is 5.56 Å². The van der Waals surface area contributed by atoms with E-state index in [0.29, 0.717) is 0 Å². The molecular formula is C16H14N2S. The van der Waals surface area contributed by atoms with Crippen LogP contribution >= 0.6 is 11.3 Å². The summed E-state index contributed by atoms with van der Waals surface area (Å²) in [5, 5.41) is 3.01. The summed E-state index contributed by atoms with van der Waals surface area (Å²) in [6.45, 7) is 0. The highest BCUT2D eigenvalue weighted by Crippen LogP contribution is 2.27. The summed E-state index contributed by atoms with van der Waals surface area (Å²) in [5.74, 6) is 0. The molecule has 2 N–H and O–H groups in total. The van der Waals surface area contributed by atoms with E-state index >= 15 is 0 Å². The normalized spacial score (nSPS) is 12.3. The minimum Gasteiger partial charge on any atom is -0.318 e. The molecule has 1 aromatic heterocycles. The Hall–Kier alpha value is -1.97. The van der Waals surface area contributed by atoms with E-state index in [-0.39, 0.29) is 6.04 Å². The molecule has 1 heterocycles. The number of hydrogen-bond donors (Lipinski definition) is 1. The molecule has 0 amide bonds. The zero-order valence-electron chi connectivity index (χ0n) is 10.4. The van der Waals surface area contributed by atoms with Crippen LogP contribution in [-0.2, 0) is 0 Å². The molecule has 3 rings (SSSR count). The molecule has 0 radical (unpaired) electrons. The summed E-state index contributed by atoms with van der Waals surface area (Å²) in [6, 6.07) is 20.1. The predicted molar refractivity (Wildman–Crippen MR) is 80.0 cm³/mol. The van der Waals surface area contributed by atoms with Gasteiger partial charge in [-0.15, -0.1) is 11.3 Å². The van der Waals surface area contributed by atoms with Gasteiger partial charge < -0.3 is 5.73 Å². The van der Waals surface area contributed by atoms with Gasteiger partial charge in [0.05, 0.1) is 11.7 Å². The Morgan fingerprint density at radius 1 is 0.895 bits per heavy atom. The van der Waals surface area contributed by atoms with Gasteiger partial charge in [-0.1, -0.05) is 60.7 Å². The van der Waals surface area contributed by atoms with Crippen molar-refractivity contribution in [3.8, 4) is 11.3 Å². The number of nitrogens with two attached hydrogens (primary N) is 1. The molecule has 2 aromatic carbocycles. The Morgan fingerprint density at radius 3 is 2.21 bits per heavy atom. The fourth-order valence-corrected chi connectivity index (χ4v) is 2.83. The van der Waals surface area contributed by atoms with Crippen LogP contribution in [0.4, 0.5) is 0 Å². The highest BCUT2D eigenvalue weighted by molar-refractivity contribution is 7.10. The zero-order valence-corrected chi connectivity index (χ0v) is 11.2. The van der Waals surface area contributed by atoms with Gasteiger partial charge in [-0.2, -0.15) is 0 Å². The van der Waals surface area contributed by atoms with E-state index in [2.05, 4.69) is 22.5 Å². The third-order valence-electron chi connectivity index (χ3n) is 3.02. The molecule has 1 unspecified atom stereocenters. The molecular weight excluding hydrogens is 252 g/mol. The van der Waals surface area contributed by atoms with Crippen molar-refractivity contribution < 1.29 is 0 Å². The molecule has 0 saturated carbocycles. The summed E-state index contributed by atoms with van der Waals surface area (Å²) in [6.07, 6.45) is 0. The third-order valence-corrected chi connectivity index (χ3v) is 3.94. The molecule has 0 spiro atoms. The largest absolute Gasteiger partial charge is 0.318 e. The summed E-state index contributed by atoms with van der Waals surface area (Å²) in [5.41, 5.74) is 9.47. The van der Waals surface area contributed by atoms with Crippen molar-refractivity contribution in [2.75, 3.05) is 0 Å². The molecule has 3 aromatic rings. The molecule has 1 atom stereocenters. The lowest BCUT2D eigenvalue weighted by Crippen LogP contribution is -2.11. The van der Waals surface area contributed by atoms with Gasteiger partial charge in [0.2, 0.25) is 0 Å². The number of nitrogens with zero attached hydrogens (tertiary/aromatic N) is 1. The second-order valence-corrected chi connectivity index (χ2v) is 5.22. The average Bonchev–Trinajstić information content (AvgIpc) is 2.98. The van der Waals surface area contributed by atoms with Crippen LogP contribution in [0.25, 0.3) is 11.3 Å². The Kier molecular flexibility index (Phi) is 3.40. The molecule has 94 valence electrons. The Labute approximate surface area is 116 Å². The van der Waals surface area contributed by atoms with E-state index in [0.717, 1.165) is 21.8 Å². The van der Waals surface area contributed by atoms with Crippen molar-refractivity contribution in [3.63, 3.8) is 0 Å². The van der Waals surface area contributed by atoms with Crippen molar-refractivity contribution in [1.29, 1.82) is 0 Å². The van der Waals surface area contributed by atoms with Gasteiger partial charge in [0, 0.05) is 10.9 Å². The van der Waals surface area contributed by atoms with Gasteiger partial charge in [0.1, 0.15) is 5.01 Å². The van der Waals surface area contributed by atoms with E-state index in [1.54, 1.807) is 11.3 Å². The quantitative estimate of drug-likeness (QED) is 0.782. The monoisotopic (exact) mass is 266 g/mol. The summed E-state index contributed by atoms with van der Waals surface area (Å²) in [7, 11) is 0. The molecule has 3 heteroatoms. The van der Waals surface area contributed by atoms with E-state index in [4.69, 9.17) is 5.73 Å². The first-order valence-corrected chi connectivity index (χ1v) is 7.04. The fraction of sp³-hybridized carbons (Fsp3) is 0.0625.